The van der Waals surface area contributed by atoms with Gasteiger partial charge in [-0.2, -0.15) is 0 Å². The molecule has 7 heteroatoms. The van der Waals surface area contributed by atoms with Crippen LogP contribution in [0.15, 0.2) is 36.0 Å². The Kier molecular flexibility index (Phi) is 7.74. The van der Waals surface area contributed by atoms with Crippen molar-refractivity contribution in [3.05, 3.63) is 36.0 Å². The van der Waals surface area contributed by atoms with E-state index in [2.05, 4.69) is 15.9 Å². The maximum Gasteiger partial charge on any atom is 0.222 e. The summed E-state index contributed by atoms with van der Waals surface area (Å²) >= 11 is 0. The lowest BCUT2D eigenvalue weighted by molar-refractivity contribution is -0.132. The Morgan fingerprint density at radius 3 is 2.53 bits per heavy atom. The van der Waals surface area contributed by atoms with Crippen LogP contribution in [0, 0.1) is 0 Å². The number of nitrogens with two attached hydrogens (primary N) is 1. The number of ketones is 1. The minimum absolute atomic E-state index is 0.00560. The summed E-state index contributed by atoms with van der Waals surface area (Å²) in [4.78, 5) is 30.5. The van der Waals surface area contributed by atoms with Crippen molar-refractivity contribution < 1.29 is 14.3 Å². The first-order valence-electron chi connectivity index (χ1n) is 10.9. The van der Waals surface area contributed by atoms with Gasteiger partial charge >= 0.3 is 0 Å². The zero-order valence-corrected chi connectivity index (χ0v) is 18.2. The molecule has 2 N–H and O–H groups in total. The molecule has 2 saturated heterocycles. The molecule has 0 atom stereocenters. The first-order chi connectivity index (χ1) is 14.4. The number of benzene rings is 1. The second-order valence-corrected chi connectivity index (χ2v) is 8.36. The maximum atomic E-state index is 12.4. The molecule has 0 aliphatic carbocycles. The number of likely N-dealkylation sites (tertiary alicyclic amines) is 1. The van der Waals surface area contributed by atoms with Crippen molar-refractivity contribution in [1.29, 1.82) is 0 Å². The monoisotopic (exact) mass is 414 g/mol. The summed E-state index contributed by atoms with van der Waals surface area (Å²) in [6.45, 7) is 8.78. The second kappa shape index (κ2) is 10.5. The molecule has 2 heterocycles. The highest BCUT2D eigenvalue weighted by atomic mass is 16.5. The molecule has 2 aliphatic heterocycles. The number of hydrogen-bond acceptors (Lipinski definition) is 6. The lowest BCUT2D eigenvalue weighted by Crippen LogP contribution is -2.48. The van der Waals surface area contributed by atoms with Gasteiger partial charge in [0.05, 0.1) is 24.9 Å². The largest absolute Gasteiger partial charge is 0.489 e. The molecular weight excluding hydrogens is 380 g/mol. The molecule has 2 aliphatic rings. The topological polar surface area (TPSA) is 79.1 Å². The van der Waals surface area contributed by atoms with Gasteiger partial charge in [0, 0.05) is 50.9 Å². The van der Waals surface area contributed by atoms with Crippen LogP contribution in [0.2, 0.25) is 0 Å². The van der Waals surface area contributed by atoms with Crippen molar-refractivity contribution in [3.8, 4) is 5.75 Å². The fraction of sp³-hybridized carbons (Fsp3) is 0.565. The highest BCUT2D eigenvalue weighted by molar-refractivity contribution is 5.92. The number of amides is 1. The summed E-state index contributed by atoms with van der Waals surface area (Å²) in [7, 11) is 0. The molecule has 1 aromatic rings. The molecule has 0 spiro atoms. The summed E-state index contributed by atoms with van der Waals surface area (Å²) in [5, 5.41) is 0. The van der Waals surface area contributed by atoms with Gasteiger partial charge in [0.1, 0.15) is 5.75 Å². The minimum atomic E-state index is -0.00560. The van der Waals surface area contributed by atoms with Gasteiger partial charge in [0.2, 0.25) is 5.91 Å². The van der Waals surface area contributed by atoms with E-state index >= 15 is 0 Å². The number of piperidine rings is 1. The fourth-order valence-corrected chi connectivity index (χ4v) is 3.99. The molecule has 1 amide bonds. The summed E-state index contributed by atoms with van der Waals surface area (Å²) in [6.07, 6.45) is 4.15. The summed E-state index contributed by atoms with van der Waals surface area (Å²) in [5.74, 6) is 1.02. The molecule has 1 aromatic carbocycles. The molecule has 0 unspecified atom stereocenters. The number of ether oxygens (including phenoxy) is 1. The van der Waals surface area contributed by atoms with Crippen LogP contribution in [0.25, 0.3) is 0 Å². The third kappa shape index (κ3) is 6.23. The van der Waals surface area contributed by atoms with Crippen LogP contribution in [0.4, 0.5) is 5.69 Å². The third-order valence-electron chi connectivity index (χ3n) is 5.46. The predicted octanol–water partition coefficient (Wildman–Crippen LogP) is 2.02. The molecule has 0 aromatic heterocycles. The van der Waals surface area contributed by atoms with E-state index in [-0.39, 0.29) is 17.8 Å². The highest BCUT2D eigenvalue weighted by Crippen LogP contribution is 2.29. The summed E-state index contributed by atoms with van der Waals surface area (Å²) in [6, 6.07) is 8.11. The zero-order chi connectivity index (χ0) is 21.5. The van der Waals surface area contributed by atoms with Gasteiger partial charge in [-0.1, -0.05) is 12.1 Å². The summed E-state index contributed by atoms with van der Waals surface area (Å²) in [5.41, 5.74) is 7.60. The molecule has 2 fully saturated rings. The average Bonchev–Trinajstić information content (AvgIpc) is 2.70. The molecule has 0 bridgehead atoms. The Labute approximate surface area is 179 Å². The van der Waals surface area contributed by atoms with Gasteiger partial charge in [0.15, 0.2) is 5.78 Å². The first-order valence-corrected chi connectivity index (χ1v) is 10.9. The predicted molar refractivity (Wildman–Crippen MR) is 119 cm³/mol. The van der Waals surface area contributed by atoms with Crippen LogP contribution in [0.1, 0.15) is 33.1 Å². The van der Waals surface area contributed by atoms with Crippen molar-refractivity contribution in [2.24, 2.45) is 5.73 Å². The van der Waals surface area contributed by atoms with Crippen LogP contribution in [0.5, 0.6) is 5.75 Å². The molecule has 3 rings (SSSR count). The summed E-state index contributed by atoms with van der Waals surface area (Å²) < 4.78 is 5.94. The number of para-hydroxylation sites is 2. The van der Waals surface area contributed by atoms with E-state index in [0.29, 0.717) is 25.2 Å². The quantitative estimate of drug-likeness (QED) is 0.656. The lowest BCUT2D eigenvalue weighted by atomic mass is 10.1. The van der Waals surface area contributed by atoms with Gasteiger partial charge in [-0.15, -0.1) is 0 Å². The van der Waals surface area contributed by atoms with Crippen LogP contribution < -0.4 is 15.4 Å². The van der Waals surface area contributed by atoms with Crippen molar-refractivity contribution in [3.63, 3.8) is 0 Å². The van der Waals surface area contributed by atoms with Crippen LogP contribution in [-0.4, -0.2) is 73.4 Å². The van der Waals surface area contributed by atoms with Gasteiger partial charge in [0.25, 0.3) is 0 Å². The number of rotatable bonds is 8. The third-order valence-corrected chi connectivity index (χ3v) is 5.46. The SMILES string of the molecule is CC(C)Oc1ccccc1N1CCN(CC(=O)/C=C(\N)CN2CCCCC2=O)CC1. The Bertz CT molecular complexity index is 769. The Balaban J connectivity index is 1.48. The van der Waals surface area contributed by atoms with Crippen molar-refractivity contribution in [1.82, 2.24) is 9.80 Å². The Morgan fingerprint density at radius 1 is 1.10 bits per heavy atom. The number of carbonyl (C=O) groups is 2. The number of nitrogens with zero attached hydrogens (tertiary/aromatic N) is 3. The van der Waals surface area contributed by atoms with Crippen LogP contribution in [-0.2, 0) is 9.59 Å². The van der Waals surface area contributed by atoms with Crippen molar-refractivity contribution in [2.45, 2.75) is 39.2 Å². The maximum absolute atomic E-state index is 12.4. The molecular formula is C23H34N4O3. The van der Waals surface area contributed by atoms with E-state index in [4.69, 9.17) is 10.5 Å². The number of anilines is 1. The first kappa shape index (κ1) is 22.2. The highest BCUT2D eigenvalue weighted by Gasteiger charge is 2.22. The standard InChI is InChI=1S/C23H34N4O3/c1-18(2)30-22-8-4-3-7-21(22)26-13-11-25(12-14-26)17-20(28)15-19(24)16-27-10-6-5-9-23(27)29/h3-4,7-8,15,18H,5-6,9-14,16-17,24H2,1-2H3/b19-15-. The molecule has 164 valence electrons. The van der Waals surface area contributed by atoms with Gasteiger partial charge in [-0.3, -0.25) is 14.5 Å². The van der Waals surface area contributed by atoms with Gasteiger partial charge < -0.3 is 20.3 Å². The average molecular weight is 415 g/mol. The van der Waals surface area contributed by atoms with E-state index in [1.165, 1.54) is 6.08 Å². The van der Waals surface area contributed by atoms with E-state index in [9.17, 15) is 9.59 Å². The number of hydrogen-bond donors (Lipinski definition) is 1. The van der Waals surface area contributed by atoms with Gasteiger partial charge in [-0.25, -0.2) is 0 Å². The molecule has 30 heavy (non-hydrogen) atoms. The van der Waals surface area contributed by atoms with Crippen molar-refractivity contribution >= 4 is 17.4 Å². The minimum Gasteiger partial charge on any atom is -0.489 e. The van der Waals surface area contributed by atoms with E-state index in [1.54, 1.807) is 4.90 Å². The second-order valence-electron chi connectivity index (χ2n) is 8.36. The fourth-order valence-electron chi connectivity index (χ4n) is 3.99. The van der Waals surface area contributed by atoms with Crippen LogP contribution >= 0.6 is 0 Å². The van der Waals surface area contributed by atoms with E-state index in [0.717, 1.165) is 57.0 Å². The molecule has 7 nitrogen and oxygen atoms in total. The zero-order valence-electron chi connectivity index (χ0n) is 18.2. The lowest BCUT2D eigenvalue weighted by Gasteiger charge is -2.36. The smallest absolute Gasteiger partial charge is 0.222 e. The molecule has 0 saturated carbocycles. The van der Waals surface area contributed by atoms with Gasteiger partial charge in [-0.05, 0) is 38.8 Å². The van der Waals surface area contributed by atoms with Crippen LogP contribution in [0.3, 0.4) is 0 Å². The molecule has 0 radical (unpaired) electrons. The number of carbonyl (C=O) groups excluding carboxylic acids is 2. The van der Waals surface area contributed by atoms with E-state index < -0.39 is 0 Å². The Hall–Kier alpha value is -2.54. The van der Waals surface area contributed by atoms with E-state index in [1.807, 2.05) is 32.0 Å². The van der Waals surface area contributed by atoms with Crippen molar-refractivity contribution in [2.75, 3.05) is 50.7 Å². The Morgan fingerprint density at radius 2 is 1.83 bits per heavy atom. The normalized spacial score (nSPS) is 18.8. The number of piperazine rings is 1.